The average molecular weight is 236 g/mol. The van der Waals surface area contributed by atoms with Crippen LogP contribution >= 0.6 is 0 Å². The number of aliphatic carboxylic acids is 1. The zero-order valence-corrected chi connectivity index (χ0v) is 9.52. The molecule has 0 saturated heterocycles. The number of methoxy groups -OCH3 is 2. The fourth-order valence-corrected chi connectivity index (χ4v) is 2.03. The highest BCUT2D eigenvalue weighted by Crippen LogP contribution is 2.37. The fourth-order valence-electron chi connectivity index (χ4n) is 2.03. The average Bonchev–Trinajstić information content (AvgIpc) is 2.66. The van der Waals surface area contributed by atoms with Gasteiger partial charge in [-0.25, -0.2) is 0 Å². The van der Waals surface area contributed by atoms with E-state index in [2.05, 4.69) is 0 Å². The molecular weight excluding hydrogens is 224 g/mol. The van der Waals surface area contributed by atoms with Gasteiger partial charge in [0.2, 0.25) is 0 Å². The van der Waals surface area contributed by atoms with Crippen LogP contribution in [0.2, 0.25) is 0 Å². The number of carbonyl (C=O) groups excluding carboxylic acids is 1. The van der Waals surface area contributed by atoms with E-state index in [1.807, 2.05) is 0 Å². The van der Waals surface area contributed by atoms with Crippen LogP contribution in [0.1, 0.15) is 15.9 Å². The zero-order chi connectivity index (χ0) is 12.6. The Labute approximate surface area is 98.0 Å². The first kappa shape index (κ1) is 11.4. The third-order valence-corrected chi connectivity index (χ3v) is 2.93. The minimum absolute atomic E-state index is 0.177. The van der Waals surface area contributed by atoms with E-state index in [0.717, 1.165) is 0 Å². The first-order valence-electron chi connectivity index (χ1n) is 5.10. The van der Waals surface area contributed by atoms with Gasteiger partial charge in [-0.15, -0.1) is 0 Å². The predicted molar refractivity (Wildman–Crippen MR) is 58.7 cm³/mol. The molecule has 0 fully saturated rings. The zero-order valence-electron chi connectivity index (χ0n) is 9.52. The smallest absolute Gasteiger partial charge is 0.314 e. The van der Waals surface area contributed by atoms with E-state index in [9.17, 15) is 9.59 Å². The quantitative estimate of drug-likeness (QED) is 0.797. The molecule has 1 unspecified atom stereocenters. The second-order valence-corrected chi connectivity index (χ2v) is 3.81. The van der Waals surface area contributed by atoms with E-state index < -0.39 is 11.9 Å². The third kappa shape index (κ3) is 1.73. The Morgan fingerprint density at radius 2 is 2.06 bits per heavy atom. The summed E-state index contributed by atoms with van der Waals surface area (Å²) >= 11 is 0. The molecule has 90 valence electrons. The summed E-state index contributed by atoms with van der Waals surface area (Å²) in [4.78, 5) is 22.8. The molecule has 1 atom stereocenters. The summed E-state index contributed by atoms with van der Waals surface area (Å²) in [5, 5.41) is 8.95. The van der Waals surface area contributed by atoms with Gasteiger partial charge in [0.15, 0.2) is 5.78 Å². The van der Waals surface area contributed by atoms with Crippen molar-refractivity contribution in [2.45, 2.75) is 6.42 Å². The summed E-state index contributed by atoms with van der Waals surface area (Å²) in [6.45, 7) is 0. The van der Waals surface area contributed by atoms with E-state index >= 15 is 0 Å². The summed E-state index contributed by atoms with van der Waals surface area (Å²) in [6.07, 6.45) is 0.177. The number of fused-ring (bicyclic) bond motifs is 1. The maximum Gasteiger partial charge on any atom is 0.314 e. The Morgan fingerprint density at radius 1 is 1.35 bits per heavy atom. The van der Waals surface area contributed by atoms with Crippen molar-refractivity contribution < 1.29 is 24.2 Å². The number of rotatable bonds is 3. The number of ketones is 1. The maximum atomic E-state index is 11.9. The lowest BCUT2D eigenvalue weighted by atomic mass is 10.1. The Kier molecular flexibility index (Phi) is 2.75. The molecule has 0 amide bonds. The molecule has 2 rings (SSSR count). The molecule has 0 saturated carbocycles. The number of carbonyl (C=O) groups is 2. The number of carboxylic acid groups (broad SMARTS) is 1. The molecule has 0 aliphatic heterocycles. The molecule has 0 spiro atoms. The second-order valence-electron chi connectivity index (χ2n) is 3.81. The molecular formula is C12H12O5. The van der Waals surface area contributed by atoms with E-state index in [0.29, 0.717) is 22.6 Å². The summed E-state index contributed by atoms with van der Waals surface area (Å²) in [5.41, 5.74) is 1.03. The van der Waals surface area contributed by atoms with Crippen LogP contribution in [0.25, 0.3) is 0 Å². The van der Waals surface area contributed by atoms with Crippen molar-refractivity contribution in [2.75, 3.05) is 14.2 Å². The molecule has 0 radical (unpaired) electrons. The van der Waals surface area contributed by atoms with Gasteiger partial charge in [0.25, 0.3) is 0 Å². The summed E-state index contributed by atoms with van der Waals surface area (Å²) in [7, 11) is 2.96. The van der Waals surface area contributed by atoms with Gasteiger partial charge < -0.3 is 14.6 Å². The minimum atomic E-state index is -1.10. The highest BCUT2D eigenvalue weighted by atomic mass is 16.5. The fraction of sp³-hybridized carbons (Fsp3) is 0.333. The van der Waals surface area contributed by atoms with E-state index in [-0.39, 0.29) is 12.2 Å². The van der Waals surface area contributed by atoms with Crippen molar-refractivity contribution in [2.24, 2.45) is 5.92 Å². The molecule has 0 aromatic heterocycles. The molecule has 1 aromatic carbocycles. The molecule has 1 N–H and O–H groups in total. The van der Waals surface area contributed by atoms with Gasteiger partial charge in [-0.3, -0.25) is 9.59 Å². The molecule has 17 heavy (non-hydrogen) atoms. The maximum absolute atomic E-state index is 11.9. The predicted octanol–water partition coefficient (Wildman–Crippen LogP) is 1.14. The molecule has 1 aliphatic carbocycles. The molecule has 1 aliphatic rings. The molecule has 0 heterocycles. The Balaban J connectivity index is 2.53. The van der Waals surface area contributed by atoms with Crippen molar-refractivity contribution in [1.82, 2.24) is 0 Å². The Hall–Kier alpha value is -2.04. The van der Waals surface area contributed by atoms with Crippen LogP contribution < -0.4 is 9.47 Å². The van der Waals surface area contributed by atoms with Gasteiger partial charge in [0.1, 0.15) is 17.4 Å². The van der Waals surface area contributed by atoms with Crippen LogP contribution in [0.15, 0.2) is 12.1 Å². The van der Waals surface area contributed by atoms with Gasteiger partial charge in [0, 0.05) is 17.2 Å². The monoisotopic (exact) mass is 236 g/mol. The molecule has 5 heteroatoms. The topological polar surface area (TPSA) is 72.8 Å². The largest absolute Gasteiger partial charge is 0.497 e. The minimum Gasteiger partial charge on any atom is -0.497 e. The van der Waals surface area contributed by atoms with Crippen LogP contribution in [0.5, 0.6) is 11.5 Å². The first-order chi connectivity index (χ1) is 8.08. The summed E-state index contributed by atoms with van der Waals surface area (Å²) in [5.74, 6) is -1.51. The van der Waals surface area contributed by atoms with Crippen molar-refractivity contribution in [3.05, 3.63) is 23.3 Å². The highest BCUT2D eigenvalue weighted by Gasteiger charge is 2.38. The lowest BCUT2D eigenvalue weighted by Gasteiger charge is -2.08. The van der Waals surface area contributed by atoms with Crippen LogP contribution in [0.4, 0.5) is 0 Å². The lowest BCUT2D eigenvalue weighted by molar-refractivity contribution is -0.139. The van der Waals surface area contributed by atoms with Crippen molar-refractivity contribution in [3.63, 3.8) is 0 Å². The van der Waals surface area contributed by atoms with Crippen LogP contribution in [-0.2, 0) is 11.2 Å². The van der Waals surface area contributed by atoms with Crippen molar-refractivity contribution >= 4 is 11.8 Å². The van der Waals surface area contributed by atoms with Gasteiger partial charge in [-0.2, -0.15) is 0 Å². The summed E-state index contributed by atoms with van der Waals surface area (Å²) < 4.78 is 10.2. The second kappa shape index (κ2) is 4.08. The van der Waals surface area contributed by atoms with Gasteiger partial charge in [0.05, 0.1) is 14.2 Å². The number of benzene rings is 1. The van der Waals surface area contributed by atoms with Gasteiger partial charge in [-0.05, 0) is 12.5 Å². The number of carboxylic acids is 1. The van der Waals surface area contributed by atoms with Crippen molar-refractivity contribution in [3.8, 4) is 11.5 Å². The molecule has 5 nitrogen and oxygen atoms in total. The van der Waals surface area contributed by atoms with E-state index in [1.54, 1.807) is 12.1 Å². The van der Waals surface area contributed by atoms with Crippen LogP contribution in [0.3, 0.4) is 0 Å². The van der Waals surface area contributed by atoms with Gasteiger partial charge in [-0.1, -0.05) is 0 Å². The SMILES string of the molecule is COc1cc(OC)c2c(c1)C(=O)C(C(=O)O)C2. The highest BCUT2D eigenvalue weighted by molar-refractivity contribution is 6.12. The molecule has 1 aromatic rings. The number of hydrogen-bond donors (Lipinski definition) is 1. The number of Topliss-reactive ketones (excluding diaryl/α,β-unsaturated/α-hetero) is 1. The van der Waals surface area contributed by atoms with Crippen LogP contribution in [0, 0.1) is 5.92 Å². The first-order valence-corrected chi connectivity index (χ1v) is 5.10. The third-order valence-electron chi connectivity index (χ3n) is 2.93. The van der Waals surface area contributed by atoms with E-state index in [1.165, 1.54) is 14.2 Å². The number of hydrogen-bond acceptors (Lipinski definition) is 4. The number of ether oxygens (including phenoxy) is 2. The Morgan fingerprint density at radius 3 is 2.59 bits per heavy atom. The molecule has 0 bridgehead atoms. The lowest BCUT2D eigenvalue weighted by Crippen LogP contribution is -2.19. The van der Waals surface area contributed by atoms with E-state index in [4.69, 9.17) is 14.6 Å². The Bertz CT molecular complexity index is 492. The normalized spacial score (nSPS) is 17.8. The summed E-state index contributed by atoms with van der Waals surface area (Å²) in [6, 6.07) is 3.21. The van der Waals surface area contributed by atoms with Gasteiger partial charge >= 0.3 is 5.97 Å². The van der Waals surface area contributed by atoms with Crippen LogP contribution in [-0.4, -0.2) is 31.1 Å². The standard InChI is InChI=1S/C12H12O5/c1-16-6-3-8-7(10(4-6)17-2)5-9(11(8)13)12(14)15/h3-4,9H,5H2,1-2H3,(H,14,15). The van der Waals surface area contributed by atoms with Crippen molar-refractivity contribution in [1.29, 1.82) is 0 Å².